The summed E-state index contributed by atoms with van der Waals surface area (Å²) in [5, 5.41) is 21.3. The smallest absolute Gasteiger partial charge is 0.130 e. The highest BCUT2D eigenvalue weighted by molar-refractivity contribution is 5.28. The molecule has 0 bridgehead atoms. The zero-order valence-corrected chi connectivity index (χ0v) is 14.9. The van der Waals surface area contributed by atoms with Crippen molar-refractivity contribution in [3.8, 4) is 12.3 Å². The van der Waals surface area contributed by atoms with Gasteiger partial charge in [-0.1, -0.05) is 19.8 Å². The monoisotopic (exact) mass is 330 g/mol. The van der Waals surface area contributed by atoms with Gasteiger partial charge in [0.15, 0.2) is 0 Å². The summed E-state index contributed by atoms with van der Waals surface area (Å²) in [5.74, 6) is 4.55. The minimum absolute atomic E-state index is 0.0550. The summed E-state index contributed by atoms with van der Waals surface area (Å²) in [6.07, 6.45) is 13.8. The second-order valence-electron chi connectivity index (χ2n) is 9.92. The highest BCUT2D eigenvalue weighted by Crippen LogP contribution is 2.74. The predicted molar refractivity (Wildman–Crippen MR) is 91.0 cm³/mol. The lowest BCUT2D eigenvalue weighted by molar-refractivity contribution is -0.133. The fraction of sp³-hybridized carbons (Fsp3) is 0.905. The van der Waals surface area contributed by atoms with Crippen molar-refractivity contribution in [2.24, 2.45) is 28.6 Å². The Balaban J connectivity index is 1.52. The third kappa shape index (κ3) is 1.53. The summed E-state index contributed by atoms with van der Waals surface area (Å²) >= 11 is 0. The molecule has 0 aromatic rings. The van der Waals surface area contributed by atoms with E-state index in [2.05, 4.69) is 19.8 Å². The van der Waals surface area contributed by atoms with Gasteiger partial charge < -0.3 is 14.9 Å². The van der Waals surface area contributed by atoms with E-state index in [4.69, 9.17) is 11.2 Å². The molecule has 4 saturated carbocycles. The highest BCUT2D eigenvalue weighted by Gasteiger charge is 2.76. The minimum Gasteiger partial charge on any atom is -0.393 e. The van der Waals surface area contributed by atoms with Crippen LogP contribution in [0, 0.1) is 40.9 Å². The molecule has 5 aliphatic rings. The quantitative estimate of drug-likeness (QED) is 0.530. The van der Waals surface area contributed by atoms with Crippen LogP contribution >= 0.6 is 0 Å². The van der Waals surface area contributed by atoms with E-state index in [1.165, 1.54) is 0 Å². The summed E-state index contributed by atoms with van der Waals surface area (Å²) in [5.41, 5.74) is -0.924. The van der Waals surface area contributed by atoms with Gasteiger partial charge in [0.1, 0.15) is 11.2 Å². The first-order chi connectivity index (χ1) is 11.3. The maximum atomic E-state index is 11.1. The Kier molecular flexibility index (Phi) is 2.87. The first-order valence-corrected chi connectivity index (χ1v) is 9.86. The van der Waals surface area contributed by atoms with E-state index in [9.17, 15) is 10.2 Å². The Morgan fingerprint density at radius 3 is 2.46 bits per heavy atom. The summed E-state index contributed by atoms with van der Waals surface area (Å²) in [7, 11) is 0. The molecule has 0 unspecified atom stereocenters. The Labute approximate surface area is 145 Å². The van der Waals surface area contributed by atoms with Crippen LogP contribution in [0.4, 0.5) is 0 Å². The van der Waals surface area contributed by atoms with Crippen LogP contribution in [-0.4, -0.2) is 33.6 Å². The van der Waals surface area contributed by atoms with E-state index in [0.29, 0.717) is 23.9 Å². The molecule has 24 heavy (non-hydrogen) atoms. The second-order valence-corrected chi connectivity index (χ2v) is 9.92. The van der Waals surface area contributed by atoms with Crippen LogP contribution in [-0.2, 0) is 4.74 Å². The van der Waals surface area contributed by atoms with Crippen LogP contribution in [0.1, 0.15) is 65.2 Å². The molecule has 3 heteroatoms. The molecule has 1 saturated heterocycles. The van der Waals surface area contributed by atoms with E-state index < -0.39 is 5.60 Å². The van der Waals surface area contributed by atoms with Crippen molar-refractivity contribution < 1.29 is 14.9 Å². The highest BCUT2D eigenvalue weighted by atomic mass is 16.6. The zero-order valence-electron chi connectivity index (χ0n) is 14.9. The normalized spacial score (nSPS) is 64.2. The molecule has 0 amide bonds. The van der Waals surface area contributed by atoms with Crippen LogP contribution < -0.4 is 0 Å². The standard InChI is InChI=1S/C21H30O3/c1-4-20(23)10-7-15-14-11-17-21(24-17)12-13(22)5-8-19(21,3)16(14)6-9-18(15,20)2/h1,13-17,22-23H,5-12H2,2-3H3/t13-,14+,15+,16+,17+,18+,19-,20+,21+/m1/s1. The summed E-state index contributed by atoms with van der Waals surface area (Å²) < 4.78 is 6.33. The average molecular weight is 330 g/mol. The first kappa shape index (κ1) is 15.7. The molecule has 5 rings (SSSR count). The molecule has 1 heterocycles. The van der Waals surface area contributed by atoms with E-state index in [1.54, 1.807) is 0 Å². The van der Waals surface area contributed by atoms with Crippen molar-refractivity contribution in [2.45, 2.75) is 88.6 Å². The maximum Gasteiger partial charge on any atom is 0.130 e. The first-order valence-electron chi connectivity index (χ1n) is 9.86. The van der Waals surface area contributed by atoms with Crippen LogP contribution in [0.3, 0.4) is 0 Å². The lowest BCUT2D eigenvalue weighted by atomic mass is 9.44. The number of terminal acetylenes is 1. The van der Waals surface area contributed by atoms with Crippen LogP contribution in [0.2, 0.25) is 0 Å². The molecule has 3 nitrogen and oxygen atoms in total. The van der Waals surface area contributed by atoms with Crippen molar-refractivity contribution in [3.05, 3.63) is 0 Å². The van der Waals surface area contributed by atoms with Crippen LogP contribution in [0.15, 0.2) is 0 Å². The van der Waals surface area contributed by atoms with Gasteiger partial charge in [-0.25, -0.2) is 0 Å². The minimum atomic E-state index is -0.925. The number of epoxide rings is 1. The second kappa shape index (κ2) is 4.40. The molecule has 9 atom stereocenters. The van der Waals surface area contributed by atoms with Gasteiger partial charge in [0.2, 0.25) is 0 Å². The number of aliphatic hydroxyl groups excluding tert-OH is 1. The van der Waals surface area contributed by atoms with Gasteiger partial charge in [-0.2, -0.15) is 0 Å². The molecule has 0 aromatic heterocycles. The van der Waals surface area contributed by atoms with Gasteiger partial charge in [-0.3, -0.25) is 0 Å². The molecule has 1 aliphatic heterocycles. The number of fused-ring (bicyclic) bond motifs is 4. The van der Waals surface area contributed by atoms with Crippen molar-refractivity contribution >= 4 is 0 Å². The lowest BCUT2D eigenvalue weighted by Crippen LogP contribution is -2.60. The van der Waals surface area contributed by atoms with Gasteiger partial charge in [0, 0.05) is 17.3 Å². The lowest BCUT2D eigenvalue weighted by Gasteiger charge is -2.59. The fourth-order valence-corrected chi connectivity index (χ4v) is 7.91. The van der Waals surface area contributed by atoms with Gasteiger partial charge in [0.25, 0.3) is 0 Å². The largest absolute Gasteiger partial charge is 0.393 e. The maximum absolute atomic E-state index is 11.1. The topological polar surface area (TPSA) is 53.0 Å². The summed E-state index contributed by atoms with van der Waals surface area (Å²) in [6, 6.07) is 0. The van der Waals surface area contributed by atoms with Gasteiger partial charge in [-0.05, 0) is 62.7 Å². The number of rotatable bonds is 0. The Hall–Kier alpha value is -0.560. The molecule has 2 N–H and O–H groups in total. The predicted octanol–water partition coefficient (Wildman–Crippen LogP) is 2.89. The molecule has 5 fully saturated rings. The van der Waals surface area contributed by atoms with E-state index in [0.717, 1.165) is 51.4 Å². The summed E-state index contributed by atoms with van der Waals surface area (Å²) in [4.78, 5) is 0. The van der Waals surface area contributed by atoms with Crippen molar-refractivity contribution in [3.63, 3.8) is 0 Å². The van der Waals surface area contributed by atoms with Crippen molar-refractivity contribution in [2.75, 3.05) is 0 Å². The third-order valence-corrected chi connectivity index (χ3v) is 9.45. The molecule has 4 aliphatic carbocycles. The molecule has 1 spiro atoms. The number of hydrogen-bond donors (Lipinski definition) is 2. The number of hydrogen-bond acceptors (Lipinski definition) is 3. The molecule has 132 valence electrons. The SMILES string of the molecule is C#C[C@]1(O)CC[C@H]2[C@@H]3C[C@@H]4O[C@@]45C[C@H](O)CC[C@]5(C)[C@H]3CC[C@@]21C. The Morgan fingerprint density at radius 2 is 1.71 bits per heavy atom. The summed E-state index contributed by atoms with van der Waals surface area (Å²) in [6.45, 7) is 4.67. The van der Waals surface area contributed by atoms with Crippen molar-refractivity contribution in [1.29, 1.82) is 0 Å². The van der Waals surface area contributed by atoms with E-state index >= 15 is 0 Å². The van der Waals surface area contributed by atoms with Crippen molar-refractivity contribution in [1.82, 2.24) is 0 Å². The average Bonchev–Trinajstić information content (AvgIpc) is 3.17. The van der Waals surface area contributed by atoms with Gasteiger partial charge in [-0.15, -0.1) is 6.42 Å². The van der Waals surface area contributed by atoms with Gasteiger partial charge in [0.05, 0.1) is 12.2 Å². The van der Waals surface area contributed by atoms with E-state index in [-0.39, 0.29) is 22.5 Å². The number of aliphatic hydroxyl groups is 2. The molecule has 0 radical (unpaired) electrons. The molecule has 0 aromatic carbocycles. The van der Waals surface area contributed by atoms with Gasteiger partial charge >= 0.3 is 0 Å². The van der Waals surface area contributed by atoms with Crippen LogP contribution in [0.25, 0.3) is 0 Å². The molecular weight excluding hydrogens is 300 g/mol. The molecular formula is C21H30O3. The van der Waals surface area contributed by atoms with Crippen LogP contribution in [0.5, 0.6) is 0 Å². The third-order valence-electron chi connectivity index (χ3n) is 9.45. The van der Waals surface area contributed by atoms with E-state index in [1.807, 2.05) is 0 Å². The zero-order chi connectivity index (χ0) is 17.0. The Bertz CT molecular complexity index is 625. The fourth-order valence-electron chi connectivity index (χ4n) is 7.91. The number of ether oxygens (including phenoxy) is 1. The Morgan fingerprint density at radius 1 is 1.04 bits per heavy atom.